The minimum atomic E-state index is -0.460. The molecule has 0 spiro atoms. The number of rotatable bonds is 2. The molecule has 5 heteroatoms. The van der Waals surface area contributed by atoms with Crippen LogP contribution >= 0.6 is 15.9 Å². The molecule has 0 N–H and O–H groups in total. The lowest BCUT2D eigenvalue weighted by Gasteiger charge is -2.34. The molecule has 19 heavy (non-hydrogen) atoms. The van der Waals surface area contributed by atoms with Crippen LogP contribution in [0.5, 0.6) is 0 Å². The number of halogens is 1. The average molecular weight is 326 g/mol. The van der Waals surface area contributed by atoms with Gasteiger partial charge in [-0.3, -0.25) is 4.79 Å². The van der Waals surface area contributed by atoms with Crippen molar-refractivity contribution >= 4 is 27.8 Å². The highest BCUT2D eigenvalue weighted by atomic mass is 79.9. The van der Waals surface area contributed by atoms with Gasteiger partial charge in [0.1, 0.15) is 6.04 Å². The molecule has 1 aromatic carbocycles. The van der Waals surface area contributed by atoms with Gasteiger partial charge in [0.05, 0.1) is 12.7 Å². The average Bonchev–Trinajstić information content (AvgIpc) is 2.46. The van der Waals surface area contributed by atoms with Gasteiger partial charge in [-0.1, -0.05) is 12.1 Å². The van der Waals surface area contributed by atoms with Crippen LogP contribution in [-0.2, 0) is 9.53 Å². The van der Waals surface area contributed by atoms with Gasteiger partial charge in [0, 0.05) is 11.0 Å². The summed E-state index contributed by atoms with van der Waals surface area (Å²) in [4.78, 5) is 25.9. The normalized spacial score (nSPS) is 19.1. The van der Waals surface area contributed by atoms with Crippen LogP contribution in [0.1, 0.15) is 29.6 Å². The molecule has 1 amide bonds. The van der Waals surface area contributed by atoms with Crippen molar-refractivity contribution in [1.29, 1.82) is 0 Å². The molecule has 102 valence electrons. The Bertz CT molecular complexity index is 489. The highest BCUT2D eigenvalue weighted by Crippen LogP contribution is 2.24. The quantitative estimate of drug-likeness (QED) is 0.785. The van der Waals surface area contributed by atoms with Crippen LogP contribution in [0.4, 0.5) is 0 Å². The second kappa shape index (κ2) is 6.19. The summed E-state index contributed by atoms with van der Waals surface area (Å²) >= 11 is 3.37. The zero-order chi connectivity index (χ0) is 13.8. The summed E-state index contributed by atoms with van der Waals surface area (Å²) in [6.07, 6.45) is 2.53. The first-order valence-electron chi connectivity index (χ1n) is 6.28. The number of carbonyl (C=O) groups is 2. The molecular formula is C14H16BrNO3. The second-order valence-corrected chi connectivity index (χ2v) is 5.37. The number of piperidine rings is 1. The molecule has 4 nitrogen and oxygen atoms in total. The topological polar surface area (TPSA) is 46.6 Å². The fourth-order valence-corrected chi connectivity index (χ4v) is 2.80. The molecule has 0 aliphatic carbocycles. The molecule has 1 aliphatic heterocycles. The Morgan fingerprint density at radius 2 is 2.05 bits per heavy atom. The Labute approximate surface area is 120 Å². The summed E-state index contributed by atoms with van der Waals surface area (Å²) in [6, 6.07) is 6.79. The number of benzene rings is 1. The van der Waals surface area contributed by atoms with Crippen molar-refractivity contribution in [3.8, 4) is 0 Å². The highest BCUT2D eigenvalue weighted by molar-refractivity contribution is 9.10. The van der Waals surface area contributed by atoms with Gasteiger partial charge in [-0.2, -0.15) is 0 Å². The zero-order valence-electron chi connectivity index (χ0n) is 10.8. The molecule has 0 radical (unpaired) electrons. The van der Waals surface area contributed by atoms with Crippen LogP contribution in [-0.4, -0.2) is 36.5 Å². The van der Waals surface area contributed by atoms with Crippen molar-refractivity contribution in [3.05, 3.63) is 34.3 Å². The molecule has 1 aromatic rings. The predicted octanol–water partition coefficient (Wildman–Crippen LogP) is 2.62. The molecule has 1 aliphatic rings. The van der Waals surface area contributed by atoms with E-state index in [1.54, 1.807) is 11.0 Å². The summed E-state index contributed by atoms with van der Waals surface area (Å²) in [5, 5.41) is 0. The Morgan fingerprint density at radius 1 is 1.32 bits per heavy atom. The third-order valence-corrected chi connectivity index (χ3v) is 4.03. The number of ether oxygens (including phenoxy) is 1. The lowest BCUT2D eigenvalue weighted by molar-refractivity contribution is -0.147. The van der Waals surface area contributed by atoms with E-state index >= 15 is 0 Å². The number of esters is 1. The van der Waals surface area contributed by atoms with E-state index in [-0.39, 0.29) is 11.9 Å². The van der Waals surface area contributed by atoms with Gasteiger partial charge >= 0.3 is 5.97 Å². The molecule has 1 atom stereocenters. The van der Waals surface area contributed by atoms with Gasteiger partial charge in [-0.15, -0.1) is 0 Å². The van der Waals surface area contributed by atoms with Crippen LogP contribution in [0.2, 0.25) is 0 Å². The van der Waals surface area contributed by atoms with Gasteiger partial charge in [0.15, 0.2) is 0 Å². The summed E-state index contributed by atoms with van der Waals surface area (Å²) in [6.45, 7) is 0.597. The summed E-state index contributed by atoms with van der Waals surface area (Å²) in [5.41, 5.74) is 0.582. The standard InChI is InChI=1S/C14H16BrNO3/c1-19-14(18)12-8-4-5-9-16(12)13(17)10-6-2-3-7-11(10)15/h2-3,6-7,12H,4-5,8-9H2,1H3/t12-/m1/s1. The fraction of sp³-hybridized carbons (Fsp3) is 0.429. The minimum Gasteiger partial charge on any atom is -0.467 e. The Morgan fingerprint density at radius 3 is 2.74 bits per heavy atom. The molecule has 0 bridgehead atoms. The molecular weight excluding hydrogens is 310 g/mol. The SMILES string of the molecule is COC(=O)[C@H]1CCCCN1C(=O)c1ccccc1Br. The number of likely N-dealkylation sites (tertiary alicyclic amines) is 1. The summed E-state index contributed by atoms with van der Waals surface area (Å²) < 4.78 is 5.54. The number of carbonyl (C=O) groups excluding carboxylic acids is 2. The van der Waals surface area contributed by atoms with Gasteiger partial charge < -0.3 is 9.64 Å². The predicted molar refractivity (Wildman–Crippen MR) is 74.8 cm³/mol. The van der Waals surface area contributed by atoms with Crippen LogP contribution in [0.15, 0.2) is 28.7 Å². The monoisotopic (exact) mass is 325 g/mol. The maximum Gasteiger partial charge on any atom is 0.328 e. The van der Waals surface area contributed by atoms with Crippen molar-refractivity contribution in [2.75, 3.05) is 13.7 Å². The number of methoxy groups -OCH3 is 1. The maximum absolute atomic E-state index is 12.5. The van der Waals surface area contributed by atoms with Gasteiger partial charge in [0.2, 0.25) is 0 Å². The van der Waals surface area contributed by atoms with E-state index in [2.05, 4.69) is 15.9 Å². The van der Waals surface area contributed by atoms with E-state index < -0.39 is 6.04 Å². The molecule has 0 saturated carbocycles. The van der Waals surface area contributed by atoms with Crippen LogP contribution < -0.4 is 0 Å². The fourth-order valence-electron chi connectivity index (χ4n) is 2.35. The second-order valence-electron chi connectivity index (χ2n) is 4.51. The lowest BCUT2D eigenvalue weighted by Crippen LogP contribution is -2.48. The van der Waals surface area contributed by atoms with E-state index in [0.29, 0.717) is 18.5 Å². The number of nitrogens with zero attached hydrogens (tertiary/aromatic N) is 1. The minimum absolute atomic E-state index is 0.123. The Kier molecular flexibility index (Phi) is 4.58. The van der Waals surface area contributed by atoms with Crippen molar-refractivity contribution < 1.29 is 14.3 Å². The third kappa shape index (κ3) is 2.97. The number of hydrogen-bond donors (Lipinski definition) is 0. The van der Waals surface area contributed by atoms with E-state index in [0.717, 1.165) is 17.3 Å². The Hall–Kier alpha value is -1.36. The van der Waals surface area contributed by atoms with Crippen LogP contribution in [0.25, 0.3) is 0 Å². The van der Waals surface area contributed by atoms with Crippen molar-refractivity contribution in [3.63, 3.8) is 0 Å². The van der Waals surface area contributed by atoms with E-state index in [9.17, 15) is 9.59 Å². The first kappa shape index (κ1) is 14.1. The number of hydrogen-bond acceptors (Lipinski definition) is 3. The molecule has 1 heterocycles. The first-order chi connectivity index (χ1) is 9.15. The van der Waals surface area contributed by atoms with E-state index in [4.69, 9.17) is 4.74 Å². The van der Waals surface area contributed by atoms with Gasteiger partial charge in [0.25, 0.3) is 5.91 Å². The largest absolute Gasteiger partial charge is 0.467 e. The highest BCUT2D eigenvalue weighted by Gasteiger charge is 2.33. The molecule has 1 saturated heterocycles. The number of amides is 1. The zero-order valence-corrected chi connectivity index (χ0v) is 12.4. The Balaban J connectivity index is 2.25. The van der Waals surface area contributed by atoms with E-state index in [1.807, 2.05) is 18.2 Å². The molecule has 0 aromatic heterocycles. The third-order valence-electron chi connectivity index (χ3n) is 3.34. The smallest absolute Gasteiger partial charge is 0.328 e. The molecule has 0 unspecified atom stereocenters. The first-order valence-corrected chi connectivity index (χ1v) is 7.07. The van der Waals surface area contributed by atoms with Crippen molar-refractivity contribution in [2.24, 2.45) is 0 Å². The molecule has 2 rings (SSSR count). The molecule has 1 fully saturated rings. The van der Waals surface area contributed by atoms with Crippen LogP contribution in [0, 0.1) is 0 Å². The van der Waals surface area contributed by atoms with Crippen molar-refractivity contribution in [2.45, 2.75) is 25.3 Å². The van der Waals surface area contributed by atoms with Gasteiger partial charge in [-0.25, -0.2) is 4.79 Å². The van der Waals surface area contributed by atoms with E-state index in [1.165, 1.54) is 7.11 Å². The van der Waals surface area contributed by atoms with Crippen LogP contribution in [0.3, 0.4) is 0 Å². The van der Waals surface area contributed by atoms with Crippen molar-refractivity contribution in [1.82, 2.24) is 4.90 Å². The maximum atomic E-state index is 12.5. The lowest BCUT2D eigenvalue weighted by atomic mass is 10.0. The summed E-state index contributed by atoms with van der Waals surface area (Å²) in [7, 11) is 1.36. The van der Waals surface area contributed by atoms with Gasteiger partial charge in [-0.05, 0) is 47.3 Å². The summed E-state index contributed by atoms with van der Waals surface area (Å²) in [5.74, 6) is -0.456.